The maximum atomic E-state index is 6.03. The number of hydrogen-bond acceptors (Lipinski definition) is 2. The summed E-state index contributed by atoms with van der Waals surface area (Å²) in [6.07, 6.45) is 6.48. The molecule has 21 heavy (non-hydrogen) atoms. The zero-order valence-corrected chi connectivity index (χ0v) is 14.8. The quantitative estimate of drug-likeness (QED) is 0.469. The highest BCUT2D eigenvalue weighted by atomic mass is 127. The zero-order chi connectivity index (χ0) is 13.9. The molecule has 2 fully saturated rings. The van der Waals surface area contributed by atoms with Crippen molar-refractivity contribution < 1.29 is 4.74 Å². The third-order valence-electron chi connectivity index (χ3n) is 4.19. The molecule has 3 rings (SSSR count). The van der Waals surface area contributed by atoms with Crippen LogP contribution in [0.5, 0.6) is 5.75 Å². The van der Waals surface area contributed by atoms with Gasteiger partial charge in [-0.25, -0.2) is 4.99 Å². The summed E-state index contributed by atoms with van der Waals surface area (Å²) in [6.45, 7) is 0.589. The SMILES string of the molecule is CN(C(N)=NCc1ccccc1OC1CCC1)C1CC1.I. The molecule has 2 aliphatic rings. The standard InChI is InChI=1S/C16H23N3O.HI/c1-19(13-9-10-13)16(17)18-11-12-5-2-3-8-15(12)20-14-6-4-7-14;/h2-3,5,8,13-14H,4,6-7,9-11H2,1H3,(H2,17,18);1H. The highest BCUT2D eigenvalue weighted by Crippen LogP contribution is 2.28. The highest BCUT2D eigenvalue weighted by molar-refractivity contribution is 14.0. The fourth-order valence-electron chi connectivity index (χ4n) is 2.34. The maximum Gasteiger partial charge on any atom is 0.191 e. The van der Waals surface area contributed by atoms with Crippen LogP contribution in [0.15, 0.2) is 29.3 Å². The Labute approximate surface area is 143 Å². The van der Waals surface area contributed by atoms with E-state index in [1.807, 2.05) is 25.2 Å². The number of hydrogen-bond donors (Lipinski definition) is 1. The predicted octanol–water partition coefficient (Wildman–Crippen LogP) is 3.14. The van der Waals surface area contributed by atoms with Crippen molar-refractivity contribution in [3.05, 3.63) is 29.8 Å². The molecular weight excluding hydrogens is 377 g/mol. The topological polar surface area (TPSA) is 50.8 Å². The van der Waals surface area contributed by atoms with Gasteiger partial charge >= 0.3 is 0 Å². The lowest BCUT2D eigenvalue weighted by atomic mass is 9.96. The molecule has 0 saturated heterocycles. The van der Waals surface area contributed by atoms with Gasteiger partial charge < -0.3 is 15.4 Å². The van der Waals surface area contributed by atoms with Crippen LogP contribution in [-0.2, 0) is 6.54 Å². The number of nitrogens with two attached hydrogens (primary N) is 1. The average Bonchev–Trinajstić information content (AvgIpc) is 3.25. The molecule has 0 bridgehead atoms. The number of ether oxygens (including phenoxy) is 1. The van der Waals surface area contributed by atoms with Gasteiger partial charge in [0.1, 0.15) is 5.75 Å². The third kappa shape index (κ3) is 4.25. The van der Waals surface area contributed by atoms with Gasteiger partial charge in [0.2, 0.25) is 0 Å². The summed E-state index contributed by atoms with van der Waals surface area (Å²) < 4.78 is 6.01. The Morgan fingerprint density at radius 3 is 2.62 bits per heavy atom. The first kappa shape index (κ1) is 16.4. The molecule has 1 aromatic rings. The number of halogens is 1. The van der Waals surface area contributed by atoms with Gasteiger partial charge in [-0.2, -0.15) is 0 Å². The summed E-state index contributed by atoms with van der Waals surface area (Å²) in [5.74, 6) is 1.59. The van der Waals surface area contributed by atoms with Crippen LogP contribution in [0.4, 0.5) is 0 Å². The largest absolute Gasteiger partial charge is 0.490 e. The molecule has 0 amide bonds. The van der Waals surface area contributed by atoms with Crippen LogP contribution in [0.1, 0.15) is 37.7 Å². The van der Waals surface area contributed by atoms with Crippen molar-refractivity contribution in [1.82, 2.24) is 4.90 Å². The van der Waals surface area contributed by atoms with Crippen LogP contribution in [0, 0.1) is 0 Å². The highest BCUT2D eigenvalue weighted by Gasteiger charge is 2.27. The molecule has 0 spiro atoms. The predicted molar refractivity (Wildman–Crippen MR) is 96.2 cm³/mol. The Morgan fingerprint density at radius 2 is 2.00 bits per heavy atom. The van der Waals surface area contributed by atoms with Crippen LogP contribution in [0.2, 0.25) is 0 Å². The van der Waals surface area contributed by atoms with Gasteiger partial charge in [0.15, 0.2) is 5.96 Å². The van der Waals surface area contributed by atoms with Crippen LogP contribution in [-0.4, -0.2) is 30.1 Å². The van der Waals surface area contributed by atoms with Crippen molar-refractivity contribution in [2.45, 2.75) is 50.8 Å². The Kier molecular flexibility index (Phi) is 5.72. The van der Waals surface area contributed by atoms with Gasteiger partial charge in [-0.3, -0.25) is 0 Å². The van der Waals surface area contributed by atoms with Crippen molar-refractivity contribution in [3.8, 4) is 5.75 Å². The van der Waals surface area contributed by atoms with Crippen molar-refractivity contribution in [2.75, 3.05) is 7.05 Å². The van der Waals surface area contributed by atoms with Crippen LogP contribution in [0.25, 0.3) is 0 Å². The number of aliphatic imine (C=N–C) groups is 1. The van der Waals surface area contributed by atoms with Gasteiger partial charge in [0.05, 0.1) is 12.6 Å². The lowest BCUT2D eigenvalue weighted by molar-refractivity contribution is 0.119. The number of guanidine groups is 1. The molecule has 4 nitrogen and oxygen atoms in total. The summed E-state index contributed by atoms with van der Waals surface area (Å²) in [4.78, 5) is 6.59. The lowest BCUT2D eigenvalue weighted by Gasteiger charge is -2.27. The molecule has 0 heterocycles. The second-order valence-electron chi connectivity index (χ2n) is 5.79. The number of nitrogens with zero attached hydrogens (tertiary/aromatic N) is 2. The van der Waals surface area contributed by atoms with E-state index in [0.29, 0.717) is 24.7 Å². The van der Waals surface area contributed by atoms with Gasteiger partial charge in [-0.1, -0.05) is 18.2 Å². The van der Waals surface area contributed by atoms with E-state index >= 15 is 0 Å². The molecule has 2 aliphatic carbocycles. The minimum absolute atomic E-state index is 0. The minimum atomic E-state index is 0. The van der Waals surface area contributed by atoms with E-state index in [9.17, 15) is 0 Å². The molecule has 1 aromatic carbocycles. The first-order chi connectivity index (χ1) is 9.74. The Bertz CT molecular complexity index is 498. The van der Waals surface area contributed by atoms with Crippen LogP contribution < -0.4 is 10.5 Å². The molecule has 5 heteroatoms. The molecule has 0 aliphatic heterocycles. The van der Waals surface area contributed by atoms with Gasteiger partial charge in [0.25, 0.3) is 0 Å². The van der Waals surface area contributed by atoms with Gasteiger partial charge in [-0.05, 0) is 38.2 Å². The first-order valence-corrected chi connectivity index (χ1v) is 7.51. The Morgan fingerprint density at radius 1 is 1.29 bits per heavy atom. The molecule has 2 saturated carbocycles. The molecule has 116 valence electrons. The molecule has 0 unspecified atom stereocenters. The molecule has 0 atom stereocenters. The number of rotatable bonds is 5. The van der Waals surface area contributed by atoms with E-state index in [2.05, 4.69) is 16.0 Å². The van der Waals surface area contributed by atoms with Crippen molar-refractivity contribution in [1.29, 1.82) is 0 Å². The fourth-order valence-corrected chi connectivity index (χ4v) is 2.34. The molecule has 0 radical (unpaired) electrons. The number of para-hydroxylation sites is 1. The maximum absolute atomic E-state index is 6.03. The van der Waals surface area contributed by atoms with Crippen molar-refractivity contribution >= 4 is 29.9 Å². The van der Waals surface area contributed by atoms with Crippen molar-refractivity contribution in [3.63, 3.8) is 0 Å². The molecule has 0 aromatic heterocycles. The second-order valence-corrected chi connectivity index (χ2v) is 5.79. The molecule has 2 N–H and O–H groups in total. The fraction of sp³-hybridized carbons (Fsp3) is 0.562. The Balaban J connectivity index is 0.00000161. The van der Waals surface area contributed by atoms with E-state index in [0.717, 1.165) is 11.3 Å². The minimum Gasteiger partial charge on any atom is -0.490 e. The van der Waals surface area contributed by atoms with Gasteiger partial charge in [0, 0.05) is 18.7 Å². The van der Waals surface area contributed by atoms with Crippen LogP contribution in [0.3, 0.4) is 0 Å². The summed E-state index contributed by atoms with van der Waals surface area (Å²) >= 11 is 0. The molecular formula is C16H24IN3O. The summed E-state index contributed by atoms with van der Waals surface area (Å²) in [5.41, 5.74) is 7.15. The first-order valence-electron chi connectivity index (χ1n) is 7.51. The van der Waals surface area contributed by atoms with E-state index in [-0.39, 0.29) is 24.0 Å². The summed E-state index contributed by atoms with van der Waals surface area (Å²) in [6, 6.07) is 8.74. The second kappa shape index (κ2) is 7.33. The smallest absolute Gasteiger partial charge is 0.191 e. The average molecular weight is 401 g/mol. The van der Waals surface area contributed by atoms with E-state index in [1.54, 1.807) is 0 Å². The van der Waals surface area contributed by atoms with Gasteiger partial charge in [-0.15, -0.1) is 24.0 Å². The zero-order valence-electron chi connectivity index (χ0n) is 12.5. The normalized spacial score (nSPS) is 18.6. The third-order valence-corrected chi connectivity index (χ3v) is 4.19. The van der Waals surface area contributed by atoms with Crippen LogP contribution >= 0.6 is 24.0 Å². The lowest BCUT2D eigenvalue weighted by Crippen LogP contribution is -2.35. The van der Waals surface area contributed by atoms with E-state index < -0.39 is 0 Å². The van der Waals surface area contributed by atoms with Crippen molar-refractivity contribution in [2.24, 2.45) is 10.7 Å². The van der Waals surface area contributed by atoms with E-state index in [4.69, 9.17) is 10.5 Å². The number of benzene rings is 1. The monoisotopic (exact) mass is 401 g/mol. The summed E-state index contributed by atoms with van der Waals surface area (Å²) in [7, 11) is 2.02. The van der Waals surface area contributed by atoms with E-state index in [1.165, 1.54) is 32.1 Å². The summed E-state index contributed by atoms with van der Waals surface area (Å²) in [5, 5.41) is 0. The Hall–Kier alpha value is -0.980.